The fourth-order valence-electron chi connectivity index (χ4n) is 2.54. The van der Waals surface area contributed by atoms with Crippen molar-refractivity contribution < 1.29 is 19.1 Å². The Hall–Kier alpha value is -2.35. The number of thiophene rings is 1. The third-order valence-electron chi connectivity index (χ3n) is 3.86. The molecule has 0 unspecified atom stereocenters. The Morgan fingerprint density at radius 3 is 2.45 bits per heavy atom. The number of amides is 1. The van der Waals surface area contributed by atoms with Gasteiger partial charge in [0.25, 0.3) is 5.91 Å². The monoisotopic (exact) mass is 493 g/mol. The van der Waals surface area contributed by atoms with E-state index in [9.17, 15) is 9.59 Å². The highest BCUT2D eigenvalue weighted by Gasteiger charge is 2.23. The first-order chi connectivity index (χ1) is 14.0. The maximum absolute atomic E-state index is 12.6. The minimum absolute atomic E-state index is 0.199. The summed E-state index contributed by atoms with van der Waals surface area (Å²) in [5.74, 6) is -0.341. The number of halogens is 2. The van der Waals surface area contributed by atoms with Crippen LogP contribution < -0.4 is 10.1 Å². The molecule has 8 heteroatoms. The molecular formula is C21H17BrClNO4S. The molecule has 0 radical (unpaired) electrons. The summed E-state index contributed by atoms with van der Waals surface area (Å²) in [5, 5.41) is 5.58. The average molecular weight is 495 g/mol. The van der Waals surface area contributed by atoms with Crippen LogP contribution >= 0.6 is 38.9 Å². The standard InChI is InChI=1S/C21H17BrClNO4S/c1-2-27-21(26)19-17(13-3-5-14(22)6-4-13)12-29-20(19)24-18(25)11-28-16-9-7-15(23)8-10-16/h3-10,12H,2,11H2,1H3,(H,24,25). The van der Waals surface area contributed by atoms with Crippen molar-refractivity contribution in [3.63, 3.8) is 0 Å². The molecule has 150 valence electrons. The zero-order chi connectivity index (χ0) is 20.8. The van der Waals surface area contributed by atoms with Gasteiger partial charge in [0.05, 0.1) is 6.61 Å². The second-order valence-electron chi connectivity index (χ2n) is 5.87. The summed E-state index contributed by atoms with van der Waals surface area (Å²) in [7, 11) is 0. The van der Waals surface area contributed by atoms with Gasteiger partial charge in [0.15, 0.2) is 6.61 Å². The van der Waals surface area contributed by atoms with Gasteiger partial charge in [0.1, 0.15) is 16.3 Å². The number of nitrogens with one attached hydrogen (secondary N) is 1. The topological polar surface area (TPSA) is 64.6 Å². The van der Waals surface area contributed by atoms with Crippen LogP contribution in [-0.2, 0) is 9.53 Å². The molecule has 0 atom stereocenters. The van der Waals surface area contributed by atoms with Crippen molar-refractivity contribution in [3.05, 3.63) is 69.0 Å². The summed E-state index contributed by atoms with van der Waals surface area (Å²) in [6.45, 7) is 1.78. The van der Waals surface area contributed by atoms with E-state index in [-0.39, 0.29) is 19.1 Å². The van der Waals surface area contributed by atoms with Crippen LogP contribution in [0.3, 0.4) is 0 Å². The first kappa shape index (κ1) is 21.4. The van der Waals surface area contributed by atoms with Crippen molar-refractivity contribution >= 4 is 55.7 Å². The summed E-state index contributed by atoms with van der Waals surface area (Å²) < 4.78 is 11.6. The maximum Gasteiger partial charge on any atom is 0.341 e. The number of esters is 1. The molecule has 2 aromatic carbocycles. The van der Waals surface area contributed by atoms with Crippen molar-refractivity contribution in [2.75, 3.05) is 18.5 Å². The molecular weight excluding hydrogens is 478 g/mol. The molecule has 0 bridgehead atoms. The quantitative estimate of drug-likeness (QED) is 0.408. The molecule has 0 fully saturated rings. The third-order valence-corrected chi connectivity index (χ3v) is 5.54. The fraction of sp³-hybridized carbons (Fsp3) is 0.143. The van der Waals surface area contributed by atoms with Gasteiger partial charge in [-0.15, -0.1) is 11.3 Å². The second-order valence-corrected chi connectivity index (χ2v) is 8.10. The van der Waals surface area contributed by atoms with Crippen LogP contribution in [0.15, 0.2) is 58.4 Å². The van der Waals surface area contributed by atoms with Crippen molar-refractivity contribution in [2.45, 2.75) is 6.92 Å². The van der Waals surface area contributed by atoms with Gasteiger partial charge < -0.3 is 14.8 Å². The molecule has 1 amide bonds. The van der Waals surface area contributed by atoms with E-state index in [1.807, 2.05) is 29.6 Å². The Morgan fingerprint density at radius 1 is 1.10 bits per heavy atom. The van der Waals surface area contributed by atoms with Crippen LogP contribution in [0.2, 0.25) is 5.02 Å². The first-order valence-corrected chi connectivity index (χ1v) is 10.8. The highest BCUT2D eigenvalue weighted by molar-refractivity contribution is 9.10. The lowest BCUT2D eigenvalue weighted by Gasteiger charge is -2.10. The zero-order valence-electron chi connectivity index (χ0n) is 15.4. The van der Waals surface area contributed by atoms with Gasteiger partial charge in [-0.1, -0.05) is 39.7 Å². The van der Waals surface area contributed by atoms with Crippen molar-refractivity contribution in [2.24, 2.45) is 0 Å². The SMILES string of the molecule is CCOC(=O)c1c(-c2ccc(Br)cc2)csc1NC(=O)COc1ccc(Cl)cc1. The van der Waals surface area contributed by atoms with Gasteiger partial charge in [0.2, 0.25) is 0 Å². The molecule has 0 saturated carbocycles. The third kappa shape index (κ3) is 5.59. The van der Waals surface area contributed by atoms with Crippen molar-refractivity contribution in [3.8, 4) is 16.9 Å². The molecule has 0 spiro atoms. The normalized spacial score (nSPS) is 10.4. The predicted octanol–water partition coefficient (Wildman–Crippen LogP) is 6.03. The largest absolute Gasteiger partial charge is 0.484 e. The van der Waals surface area contributed by atoms with E-state index in [0.29, 0.717) is 26.9 Å². The highest BCUT2D eigenvalue weighted by Crippen LogP contribution is 2.36. The Labute approximate surface area is 185 Å². The summed E-state index contributed by atoms with van der Waals surface area (Å²) in [6, 6.07) is 14.3. The second kappa shape index (κ2) is 9.91. The summed E-state index contributed by atoms with van der Waals surface area (Å²) >= 11 is 10.5. The average Bonchev–Trinajstić information content (AvgIpc) is 3.12. The van der Waals surface area contributed by atoms with Crippen LogP contribution in [0.4, 0.5) is 5.00 Å². The molecule has 29 heavy (non-hydrogen) atoms. The number of carbonyl (C=O) groups excluding carboxylic acids is 2. The Balaban J connectivity index is 1.78. The smallest absolute Gasteiger partial charge is 0.341 e. The van der Waals surface area contributed by atoms with E-state index in [1.54, 1.807) is 31.2 Å². The molecule has 0 aliphatic carbocycles. The van der Waals surface area contributed by atoms with Gasteiger partial charge in [-0.05, 0) is 48.9 Å². The van der Waals surface area contributed by atoms with Crippen LogP contribution in [0.1, 0.15) is 17.3 Å². The molecule has 1 N–H and O–H groups in total. The number of rotatable bonds is 7. The van der Waals surface area contributed by atoms with E-state index in [4.69, 9.17) is 21.1 Å². The van der Waals surface area contributed by atoms with Crippen LogP contribution in [-0.4, -0.2) is 25.1 Å². The van der Waals surface area contributed by atoms with Crippen LogP contribution in [0, 0.1) is 0 Å². The summed E-state index contributed by atoms with van der Waals surface area (Å²) in [4.78, 5) is 24.9. The van der Waals surface area contributed by atoms with Crippen molar-refractivity contribution in [1.82, 2.24) is 0 Å². The van der Waals surface area contributed by atoms with Gasteiger partial charge in [-0.2, -0.15) is 0 Å². The molecule has 1 heterocycles. The molecule has 5 nitrogen and oxygen atoms in total. The number of benzene rings is 2. The number of ether oxygens (including phenoxy) is 2. The maximum atomic E-state index is 12.6. The molecule has 0 aliphatic rings. The summed E-state index contributed by atoms with van der Waals surface area (Å²) in [5.41, 5.74) is 1.89. The van der Waals surface area contributed by atoms with E-state index in [0.717, 1.165) is 10.0 Å². The predicted molar refractivity (Wildman–Crippen MR) is 119 cm³/mol. The fourth-order valence-corrected chi connectivity index (χ4v) is 3.90. The van der Waals surface area contributed by atoms with Crippen molar-refractivity contribution in [1.29, 1.82) is 0 Å². The Bertz CT molecular complexity index is 1000. The molecule has 3 aromatic rings. The van der Waals surface area contributed by atoms with Gasteiger partial charge in [-0.3, -0.25) is 4.79 Å². The zero-order valence-corrected chi connectivity index (χ0v) is 18.6. The van der Waals surface area contributed by atoms with Gasteiger partial charge in [-0.25, -0.2) is 4.79 Å². The first-order valence-electron chi connectivity index (χ1n) is 8.70. The number of carbonyl (C=O) groups is 2. The highest BCUT2D eigenvalue weighted by atomic mass is 79.9. The van der Waals surface area contributed by atoms with Gasteiger partial charge in [0, 0.05) is 20.4 Å². The molecule has 0 saturated heterocycles. The van der Waals surface area contributed by atoms with E-state index >= 15 is 0 Å². The lowest BCUT2D eigenvalue weighted by Crippen LogP contribution is -2.21. The lowest BCUT2D eigenvalue weighted by molar-refractivity contribution is -0.118. The minimum atomic E-state index is -0.486. The number of hydrogen-bond acceptors (Lipinski definition) is 5. The number of anilines is 1. The molecule has 1 aromatic heterocycles. The molecule has 3 rings (SSSR count). The van der Waals surface area contributed by atoms with Gasteiger partial charge >= 0.3 is 5.97 Å². The van der Waals surface area contributed by atoms with E-state index in [1.165, 1.54) is 11.3 Å². The summed E-state index contributed by atoms with van der Waals surface area (Å²) in [6.07, 6.45) is 0. The minimum Gasteiger partial charge on any atom is -0.484 e. The van der Waals surface area contributed by atoms with Crippen LogP contribution in [0.25, 0.3) is 11.1 Å². The van der Waals surface area contributed by atoms with E-state index < -0.39 is 5.97 Å². The molecule has 0 aliphatic heterocycles. The lowest BCUT2D eigenvalue weighted by atomic mass is 10.0. The Morgan fingerprint density at radius 2 is 1.79 bits per heavy atom. The van der Waals surface area contributed by atoms with E-state index in [2.05, 4.69) is 21.2 Å². The number of hydrogen-bond donors (Lipinski definition) is 1. The Kier molecular flexibility index (Phi) is 7.30. The van der Waals surface area contributed by atoms with Crippen LogP contribution in [0.5, 0.6) is 5.75 Å².